The fourth-order valence-corrected chi connectivity index (χ4v) is 2.11. The zero-order valence-corrected chi connectivity index (χ0v) is 12.9. The maximum absolute atomic E-state index is 5.93. The van der Waals surface area contributed by atoms with E-state index in [4.69, 9.17) is 15.0 Å². The molecule has 1 aliphatic rings. The Morgan fingerprint density at radius 1 is 1.20 bits per heavy atom. The highest BCUT2D eigenvalue weighted by molar-refractivity contribution is 6.52. The van der Waals surface area contributed by atoms with Crippen LogP contribution in [0.1, 0.15) is 44.4 Å². The highest BCUT2D eigenvalue weighted by atomic mass is 16.7. The Morgan fingerprint density at radius 2 is 1.80 bits per heavy atom. The number of nitrogens with zero attached hydrogens (tertiary/aromatic N) is 1. The summed E-state index contributed by atoms with van der Waals surface area (Å²) in [6.45, 7) is 10.7. The standard InChI is InChI=1S/C15H23BN2O2/c1-11-12(9-18-10-13(11)8-17)6-7-16-19-14(2,3)15(4,5)20-16/h6-7,9-10H,8,17H2,1-5H3/b7-6+. The van der Waals surface area contributed by atoms with Gasteiger partial charge in [-0.3, -0.25) is 4.98 Å². The van der Waals surface area contributed by atoms with Crippen LogP contribution in [0.4, 0.5) is 0 Å². The maximum atomic E-state index is 5.93. The van der Waals surface area contributed by atoms with E-state index in [-0.39, 0.29) is 18.3 Å². The van der Waals surface area contributed by atoms with Crippen molar-refractivity contribution in [2.45, 2.75) is 52.4 Å². The molecule has 20 heavy (non-hydrogen) atoms. The van der Waals surface area contributed by atoms with Gasteiger partial charge in [-0.25, -0.2) is 0 Å². The van der Waals surface area contributed by atoms with Crippen molar-refractivity contribution < 1.29 is 9.31 Å². The minimum absolute atomic E-state index is 0.311. The molecule has 0 radical (unpaired) electrons. The van der Waals surface area contributed by atoms with E-state index < -0.39 is 0 Å². The summed E-state index contributed by atoms with van der Waals surface area (Å²) in [6, 6.07) is 0. The summed E-state index contributed by atoms with van der Waals surface area (Å²) < 4.78 is 11.9. The maximum Gasteiger partial charge on any atom is 0.487 e. The first-order valence-corrected chi connectivity index (χ1v) is 6.94. The first-order valence-electron chi connectivity index (χ1n) is 6.94. The van der Waals surface area contributed by atoms with Crippen LogP contribution in [0.2, 0.25) is 0 Å². The average molecular weight is 274 g/mol. The van der Waals surface area contributed by atoms with Crippen molar-refractivity contribution in [3.05, 3.63) is 35.1 Å². The molecule has 0 aromatic carbocycles. The third-order valence-corrected chi connectivity index (χ3v) is 4.28. The van der Waals surface area contributed by atoms with Gasteiger partial charge in [0.05, 0.1) is 11.2 Å². The Hall–Kier alpha value is -1.17. The second-order valence-electron chi connectivity index (χ2n) is 6.20. The molecule has 0 bridgehead atoms. The van der Waals surface area contributed by atoms with Crippen LogP contribution in [-0.2, 0) is 15.9 Å². The Kier molecular flexibility index (Phi) is 4.05. The minimum atomic E-state index is -0.332. The van der Waals surface area contributed by atoms with Crippen LogP contribution in [0.3, 0.4) is 0 Å². The number of hydrogen-bond acceptors (Lipinski definition) is 4. The van der Waals surface area contributed by atoms with Gasteiger partial charge < -0.3 is 15.0 Å². The normalized spacial score (nSPS) is 20.8. The lowest BCUT2D eigenvalue weighted by molar-refractivity contribution is 0.00578. The molecule has 1 fully saturated rings. The lowest BCUT2D eigenvalue weighted by atomic mass is 9.88. The summed E-state index contributed by atoms with van der Waals surface area (Å²) in [5.74, 6) is 1.93. The Labute approximate surface area is 121 Å². The van der Waals surface area contributed by atoms with E-state index in [1.54, 1.807) is 0 Å². The number of pyridine rings is 1. The SMILES string of the molecule is Cc1c(/C=C/B2OC(C)(C)C(C)(C)O2)cncc1CN. The molecule has 1 aromatic rings. The molecule has 2 rings (SSSR count). The highest BCUT2D eigenvalue weighted by Crippen LogP contribution is 2.37. The molecule has 1 aromatic heterocycles. The fourth-order valence-electron chi connectivity index (χ4n) is 2.11. The molecule has 0 saturated carbocycles. The molecule has 0 spiro atoms. The van der Waals surface area contributed by atoms with E-state index >= 15 is 0 Å². The van der Waals surface area contributed by atoms with Crippen LogP contribution in [0.5, 0.6) is 0 Å². The van der Waals surface area contributed by atoms with Crippen LogP contribution >= 0.6 is 0 Å². The molecule has 1 aliphatic heterocycles. The van der Waals surface area contributed by atoms with Gasteiger partial charge in [0.2, 0.25) is 0 Å². The highest BCUT2D eigenvalue weighted by Gasteiger charge is 2.49. The van der Waals surface area contributed by atoms with Crippen molar-refractivity contribution in [2.24, 2.45) is 5.73 Å². The average Bonchev–Trinajstić information content (AvgIpc) is 2.56. The molecular weight excluding hydrogens is 251 g/mol. The van der Waals surface area contributed by atoms with Gasteiger partial charge in [0.1, 0.15) is 0 Å². The molecule has 0 atom stereocenters. The van der Waals surface area contributed by atoms with E-state index in [2.05, 4.69) is 4.98 Å². The zero-order valence-electron chi connectivity index (χ0n) is 12.9. The summed E-state index contributed by atoms with van der Waals surface area (Å²) in [6.07, 6.45) is 5.63. The van der Waals surface area contributed by atoms with Gasteiger partial charge in [0, 0.05) is 18.9 Å². The lowest BCUT2D eigenvalue weighted by Crippen LogP contribution is -2.41. The Bertz CT molecular complexity index is 511. The van der Waals surface area contributed by atoms with Gasteiger partial charge in [-0.05, 0) is 51.3 Å². The minimum Gasteiger partial charge on any atom is -0.400 e. The summed E-state index contributed by atoms with van der Waals surface area (Å²) in [7, 11) is -0.332. The largest absolute Gasteiger partial charge is 0.487 e. The lowest BCUT2D eigenvalue weighted by Gasteiger charge is -2.32. The third kappa shape index (κ3) is 2.80. The van der Waals surface area contributed by atoms with Crippen LogP contribution in [-0.4, -0.2) is 23.3 Å². The van der Waals surface area contributed by atoms with Crippen LogP contribution in [0.15, 0.2) is 18.4 Å². The summed E-state index contributed by atoms with van der Waals surface area (Å²) >= 11 is 0. The first kappa shape index (κ1) is 15.2. The predicted molar refractivity (Wildman–Crippen MR) is 82.0 cm³/mol. The zero-order chi connectivity index (χ0) is 15.0. The van der Waals surface area contributed by atoms with Crippen molar-refractivity contribution in [1.29, 1.82) is 0 Å². The van der Waals surface area contributed by atoms with Crippen LogP contribution < -0.4 is 5.73 Å². The van der Waals surface area contributed by atoms with Gasteiger partial charge in [-0.1, -0.05) is 12.1 Å². The van der Waals surface area contributed by atoms with Gasteiger partial charge in [0.15, 0.2) is 0 Å². The Morgan fingerprint density at radius 3 is 2.35 bits per heavy atom. The molecule has 0 aliphatic carbocycles. The van der Waals surface area contributed by atoms with Crippen LogP contribution in [0, 0.1) is 6.92 Å². The van der Waals surface area contributed by atoms with Gasteiger partial charge >= 0.3 is 7.12 Å². The summed E-state index contributed by atoms with van der Waals surface area (Å²) in [5.41, 5.74) is 8.32. The number of hydrogen-bond donors (Lipinski definition) is 1. The van der Waals surface area contributed by atoms with E-state index in [1.807, 2.05) is 59.1 Å². The smallest absolute Gasteiger partial charge is 0.400 e. The molecular formula is C15H23BN2O2. The molecule has 2 N–H and O–H groups in total. The molecule has 0 unspecified atom stereocenters. The molecule has 2 heterocycles. The second kappa shape index (κ2) is 5.32. The van der Waals surface area contributed by atoms with Crippen molar-refractivity contribution in [3.63, 3.8) is 0 Å². The quantitative estimate of drug-likeness (QED) is 0.860. The van der Waals surface area contributed by atoms with Gasteiger partial charge in [0.25, 0.3) is 0 Å². The van der Waals surface area contributed by atoms with Crippen molar-refractivity contribution in [3.8, 4) is 0 Å². The number of aromatic nitrogens is 1. The van der Waals surface area contributed by atoms with Crippen molar-refractivity contribution in [2.75, 3.05) is 0 Å². The molecule has 4 nitrogen and oxygen atoms in total. The van der Waals surface area contributed by atoms with E-state index in [0.717, 1.165) is 16.7 Å². The number of rotatable bonds is 3. The fraction of sp³-hybridized carbons (Fsp3) is 0.533. The molecule has 1 saturated heterocycles. The van der Waals surface area contributed by atoms with Crippen LogP contribution in [0.25, 0.3) is 6.08 Å². The monoisotopic (exact) mass is 274 g/mol. The van der Waals surface area contributed by atoms with E-state index in [9.17, 15) is 0 Å². The number of nitrogens with two attached hydrogens (primary N) is 1. The summed E-state index contributed by atoms with van der Waals surface area (Å²) in [5, 5.41) is 0. The molecule has 108 valence electrons. The molecule has 5 heteroatoms. The van der Waals surface area contributed by atoms with Crippen molar-refractivity contribution >= 4 is 13.2 Å². The van der Waals surface area contributed by atoms with E-state index in [1.165, 1.54) is 0 Å². The summed E-state index contributed by atoms with van der Waals surface area (Å²) in [4.78, 5) is 4.21. The van der Waals surface area contributed by atoms with Gasteiger partial charge in [-0.2, -0.15) is 0 Å². The third-order valence-electron chi connectivity index (χ3n) is 4.28. The van der Waals surface area contributed by atoms with Gasteiger partial charge in [-0.15, -0.1) is 0 Å². The Balaban J connectivity index is 2.16. The second-order valence-corrected chi connectivity index (χ2v) is 6.20. The predicted octanol–water partition coefficient (Wildman–Crippen LogP) is 2.49. The van der Waals surface area contributed by atoms with E-state index in [0.29, 0.717) is 6.54 Å². The van der Waals surface area contributed by atoms with Crippen molar-refractivity contribution in [1.82, 2.24) is 4.98 Å². The topological polar surface area (TPSA) is 57.4 Å². The molecule has 0 amide bonds. The first-order chi connectivity index (χ1) is 9.27.